The minimum absolute atomic E-state index is 0.0455. The lowest BCUT2D eigenvalue weighted by molar-refractivity contribution is -0.155. The molecule has 1 aromatic carbocycles. The average molecular weight is 816 g/mol. The lowest BCUT2D eigenvalue weighted by Crippen LogP contribution is -2.38. The number of halogens is 3. The minimum atomic E-state index is -1.33. The molecular weight excluding hydrogens is 797 g/mol. The van der Waals surface area contributed by atoms with Gasteiger partial charge >= 0.3 is 23.9 Å². The molecule has 0 radical (unpaired) electrons. The fraction of sp³-hybridized carbons (Fsp3) is 0.368. The summed E-state index contributed by atoms with van der Waals surface area (Å²) in [4.78, 5) is 70.4. The van der Waals surface area contributed by atoms with Gasteiger partial charge in [0.2, 0.25) is 0 Å². The van der Waals surface area contributed by atoms with Crippen LogP contribution in [0.2, 0.25) is 0 Å². The molecule has 15 heteroatoms. The van der Waals surface area contributed by atoms with Crippen molar-refractivity contribution in [1.29, 1.82) is 0 Å². The molecule has 1 atom stereocenters. The van der Waals surface area contributed by atoms with Gasteiger partial charge in [0.05, 0.1) is 30.5 Å². The number of carboxylic acids is 1. The molecule has 3 N–H and O–H groups in total. The summed E-state index contributed by atoms with van der Waals surface area (Å²) >= 11 is 5.23. The summed E-state index contributed by atoms with van der Waals surface area (Å²) in [5.41, 5.74) is -0.209. The first-order chi connectivity index (χ1) is 15.8. The van der Waals surface area contributed by atoms with Crippen LogP contribution in [0.4, 0.5) is 5.69 Å². The Hall–Kier alpha value is -1.77. The number of rotatable bonds is 10. The fourth-order valence-corrected chi connectivity index (χ4v) is 6.77. The topological polar surface area (TPSA) is 174 Å². The molecule has 0 aliphatic heterocycles. The number of carbonyl (C=O) groups is 6. The summed E-state index contributed by atoms with van der Waals surface area (Å²) in [6, 6.07) is 0. The first-order valence-corrected chi connectivity index (χ1v) is 12.5. The Labute approximate surface area is 234 Å². The average Bonchev–Trinajstić information content (AvgIpc) is 2.70. The number of esters is 3. The first-order valence-electron chi connectivity index (χ1n) is 9.21. The van der Waals surface area contributed by atoms with E-state index in [2.05, 4.69) is 15.4 Å². The van der Waals surface area contributed by atoms with Crippen molar-refractivity contribution in [2.45, 2.75) is 26.9 Å². The van der Waals surface area contributed by atoms with Gasteiger partial charge in [-0.3, -0.25) is 24.0 Å². The summed E-state index contributed by atoms with van der Waals surface area (Å²) < 4.78 is 15.0. The highest BCUT2D eigenvalue weighted by atomic mass is 127. The first kappa shape index (κ1) is 30.3. The van der Waals surface area contributed by atoms with E-state index < -0.39 is 48.4 Å². The van der Waals surface area contributed by atoms with E-state index in [0.29, 0.717) is 0 Å². The SMILES string of the molecule is CC(=O)OCC(=O)Nc1c(I)c(C(=O)O)c(I)c(C(=O)NCC(COC(C)=O)OC(C)=O)c1I. The van der Waals surface area contributed by atoms with Gasteiger partial charge in [-0.05, 0) is 67.8 Å². The van der Waals surface area contributed by atoms with Crippen LogP contribution in [-0.2, 0) is 33.4 Å². The molecule has 0 saturated carbocycles. The molecular formula is C19H19I3N2O10. The number of aromatic carboxylic acids is 1. The predicted octanol–water partition coefficient (Wildman–Crippen LogP) is 1.92. The number of ether oxygens (including phenoxy) is 3. The zero-order valence-electron chi connectivity index (χ0n) is 18.0. The molecule has 1 aromatic rings. The highest BCUT2D eigenvalue weighted by Gasteiger charge is 2.29. The smallest absolute Gasteiger partial charge is 0.337 e. The Morgan fingerprint density at radius 3 is 1.91 bits per heavy atom. The van der Waals surface area contributed by atoms with Crippen molar-refractivity contribution in [1.82, 2.24) is 5.32 Å². The maximum absolute atomic E-state index is 13.0. The van der Waals surface area contributed by atoms with Crippen molar-refractivity contribution in [2.75, 3.05) is 25.1 Å². The highest BCUT2D eigenvalue weighted by molar-refractivity contribution is 14.1. The van der Waals surface area contributed by atoms with E-state index in [0.717, 1.165) is 13.8 Å². The van der Waals surface area contributed by atoms with E-state index in [4.69, 9.17) is 9.47 Å². The third kappa shape index (κ3) is 9.12. The van der Waals surface area contributed by atoms with Crippen LogP contribution in [0, 0.1) is 10.7 Å². The summed E-state index contributed by atoms with van der Waals surface area (Å²) in [6.07, 6.45) is -0.980. The molecule has 0 aromatic heterocycles. The Bertz CT molecular complexity index is 1030. The third-order valence-corrected chi connectivity index (χ3v) is 6.96. The number of carboxylic acid groups (broad SMARTS) is 1. The Balaban J connectivity index is 3.30. The van der Waals surface area contributed by atoms with E-state index in [9.17, 15) is 33.9 Å². The standard InChI is InChI=1S/C19H19I3N2O10/c1-7(25)32-5-10(34-9(3)27)4-23-18(29)12-14(20)13(19(30)31)16(22)17(15(12)21)24-11(28)6-33-8(2)26/h10H,4-6H2,1-3H3,(H,23,29)(H,24,28)(H,30,31). The number of amides is 2. The molecule has 186 valence electrons. The number of anilines is 1. The summed E-state index contributed by atoms with van der Waals surface area (Å²) in [5.74, 6) is -4.72. The maximum Gasteiger partial charge on any atom is 0.337 e. The summed E-state index contributed by atoms with van der Waals surface area (Å²) in [7, 11) is 0. The van der Waals surface area contributed by atoms with Gasteiger partial charge in [-0.1, -0.05) is 0 Å². The van der Waals surface area contributed by atoms with Crippen LogP contribution < -0.4 is 10.6 Å². The van der Waals surface area contributed by atoms with Crippen molar-refractivity contribution in [3.63, 3.8) is 0 Å². The molecule has 34 heavy (non-hydrogen) atoms. The van der Waals surface area contributed by atoms with Gasteiger partial charge in [0, 0.05) is 24.3 Å². The predicted molar refractivity (Wildman–Crippen MR) is 141 cm³/mol. The molecule has 0 aliphatic rings. The van der Waals surface area contributed by atoms with Crippen molar-refractivity contribution in [2.24, 2.45) is 0 Å². The molecule has 0 heterocycles. The third-order valence-electron chi connectivity index (χ3n) is 3.72. The molecule has 0 spiro atoms. The van der Waals surface area contributed by atoms with Gasteiger partial charge in [-0.25, -0.2) is 4.79 Å². The number of hydrogen-bond acceptors (Lipinski definition) is 9. The fourth-order valence-electron chi connectivity index (χ4n) is 2.38. The van der Waals surface area contributed by atoms with Gasteiger partial charge in [-0.2, -0.15) is 0 Å². The van der Waals surface area contributed by atoms with Crippen molar-refractivity contribution in [3.05, 3.63) is 21.8 Å². The van der Waals surface area contributed by atoms with Crippen molar-refractivity contribution >= 4 is 109 Å². The second-order valence-electron chi connectivity index (χ2n) is 6.44. The molecule has 0 bridgehead atoms. The zero-order valence-corrected chi connectivity index (χ0v) is 24.4. The molecule has 2 amide bonds. The lowest BCUT2D eigenvalue weighted by atomic mass is 10.1. The van der Waals surface area contributed by atoms with Crippen LogP contribution in [0.1, 0.15) is 41.5 Å². The van der Waals surface area contributed by atoms with Crippen LogP contribution >= 0.6 is 67.8 Å². The Morgan fingerprint density at radius 1 is 0.853 bits per heavy atom. The minimum Gasteiger partial charge on any atom is -0.478 e. The van der Waals surface area contributed by atoms with Crippen LogP contribution in [0.15, 0.2) is 0 Å². The van der Waals surface area contributed by atoms with Crippen LogP contribution in [0.25, 0.3) is 0 Å². The molecule has 0 saturated heterocycles. The van der Waals surface area contributed by atoms with Crippen molar-refractivity contribution < 1.29 is 48.1 Å². The van der Waals surface area contributed by atoms with E-state index in [1.807, 2.05) is 0 Å². The normalized spacial score (nSPS) is 11.1. The van der Waals surface area contributed by atoms with Gasteiger partial charge in [-0.15, -0.1) is 0 Å². The quantitative estimate of drug-likeness (QED) is 0.180. The molecule has 0 aliphatic carbocycles. The Morgan fingerprint density at radius 2 is 1.41 bits per heavy atom. The largest absolute Gasteiger partial charge is 0.478 e. The maximum atomic E-state index is 13.0. The number of carbonyl (C=O) groups excluding carboxylic acids is 5. The van der Waals surface area contributed by atoms with Gasteiger partial charge < -0.3 is 30.0 Å². The lowest BCUT2D eigenvalue weighted by Gasteiger charge is -2.20. The van der Waals surface area contributed by atoms with E-state index >= 15 is 0 Å². The van der Waals surface area contributed by atoms with Crippen molar-refractivity contribution in [3.8, 4) is 0 Å². The second kappa shape index (κ2) is 14.0. The van der Waals surface area contributed by atoms with E-state index in [1.165, 1.54) is 6.92 Å². The van der Waals surface area contributed by atoms with Crippen LogP contribution in [-0.4, -0.2) is 66.7 Å². The number of hydrogen-bond donors (Lipinski definition) is 3. The number of nitrogens with one attached hydrogen (secondary N) is 2. The van der Waals surface area contributed by atoms with Crippen LogP contribution in [0.5, 0.6) is 0 Å². The summed E-state index contributed by atoms with van der Waals surface area (Å²) in [6.45, 7) is 2.31. The second-order valence-corrected chi connectivity index (χ2v) is 9.68. The van der Waals surface area contributed by atoms with Crippen LogP contribution in [0.3, 0.4) is 0 Å². The van der Waals surface area contributed by atoms with Gasteiger partial charge in [0.25, 0.3) is 11.8 Å². The van der Waals surface area contributed by atoms with Gasteiger partial charge in [0.15, 0.2) is 12.7 Å². The molecule has 12 nitrogen and oxygen atoms in total. The summed E-state index contributed by atoms with van der Waals surface area (Å²) in [5, 5.41) is 14.7. The molecule has 1 unspecified atom stereocenters. The van der Waals surface area contributed by atoms with E-state index in [-0.39, 0.29) is 40.7 Å². The molecule has 0 fully saturated rings. The zero-order chi connectivity index (χ0) is 26.2. The highest BCUT2D eigenvalue weighted by Crippen LogP contribution is 2.35. The van der Waals surface area contributed by atoms with E-state index in [1.54, 1.807) is 67.8 Å². The monoisotopic (exact) mass is 816 g/mol. The number of benzene rings is 1. The Kier molecular flexibility index (Phi) is 12.4. The molecule has 1 rings (SSSR count). The van der Waals surface area contributed by atoms with Gasteiger partial charge in [0.1, 0.15) is 6.61 Å².